The van der Waals surface area contributed by atoms with Crippen molar-refractivity contribution >= 4 is 17.4 Å². The number of ether oxygens (including phenoxy) is 1. The molecule has 1 unspecified atom stereocenters. The Bertz CT molecular complexity index is 1100. The van der Waals surface area contributed by atoms with E-state index in [1.54, 1.807) is 13.4 Å². The molecule has 2 aliphatic heterocycles. The van der Waals surface area contributed by atoms with Gasteiger partial charge >= 0.3 is 0 Å². The summed E-state index contributed by atoms with van der Waals surface area (Å²) in [7, 11) is 1.68. The number of amidine groups is 1. The van der Waals surface area contributed by atoms with Gasteiger partial charge in [-0.1, -0.05) is 16.8 Å². The van der Waals surface area contributed by atoms with Crippen LogP contribution in [0.5, 0.6) is 0 Å². The zero-order valence-corrected chi connectivity index (χ0v) is 16.5. The predicted molar refractivity (Wildman–Crippen MR) is 104 cm³/mol. The Morgan fingerprint density at radius 1 is 1.36 bits per heavy atom. The van der Waals surface area contributed by atoms with Crippen molar-refractivity contribution in [3.8, 4) is 17.1 Å². The fraction of sp³-hybridized carbons (Fsp3) is 0.316. The highest BCUT2D eigenvalue weighted by Gasteiger charge is 2.43. The molecule has 3 aromatic rings. The quantitative estimate of drug-likeness (QED) is 0.730. The second kappa shape index (κ2) is 6.08. The average Bonchev–Trinajstić information content (AvgIpc) is 3.32. The number of benzene rings is 1. The van der Waals surface area contributed by atoms with Gasteiger partial charge in [0.15, 0.2) is 11.6 Å². The number of hydrazone groups is 1. The van der Waals surface area contributed by atoms with Gasteiger partial charge in [-0.25, -0.2) is 4.98 Å². The topological polar surface area (TPSA) is 80.7 Å². The monoisotopic (exact) mass is 398 g/mol. The Balaban J connectivity index is 1.74. The first kappa shape index (κ1) is 17.3. The van der Waals surface area contributed by atoms with Crippen molar-refractivity contribution in [2.45, 2.75) is 26.1 Å². The van der Waals surface area contributed by atoms with Crippen molar-refractivity contribution in [1.29, 1.82) is 0 Å². The standard InChI is InChI=1S/C19H19ClN6O2/c1-11-6-16(28-23-11)17-15-8-26-18(22-24-19(26,2)9-27-3)13-7-12(20)4-5-14(13)25(15)10-21-17/h4-7,10,24H,8-9H2,1-3H3. The zero-order valence-electron chi connectivity index (χ0n) is 15.7. The van der Waals surface area contributed by atoms with Gasteiger partial charge in [-0.2, -0.15) is 5.10 Å². The highest BCUT2D eigenvalue weighted by atomic mass is 35.5. The Morgan fingerprint density at radius 3 is 2.96 bits per heavy atom. The molecule has 2 aromatic heterocycles. The lowest BCUT2D eigenvalue weighted by Crippen LogP contribution is -2.54. The van der Waals surface area contributed by atoms with Crippen LogP contribution in [0.15, 0.2) is 40.2 Å². The molecular weight excluding hydrogens is 380 g/mol. The molecule has 0 saturated carbocycles. The van der Waals surface area contributed by atoms with Crippen molar-refractivity contribution in [2.75, 3.05) is 13.7 Å². The predicted octanol–water partition coefficient (Wildman–Crippen LogP) is 2.93. The van der Waals surface area contributed by atoms with E-state index in [1.165, 1.54) is 0 Å². The molecule has 5 rings (SSSR count). The minimum Gasteiger partial charge on any atom is -0.380 e. The SMILES string of the molecule is COCC1(C)NN=C2c3cc(Cl)ccc3-n3cnc(-c4cc(C)no4)c3CN21. The van der Waals surface area contributed by atoms with E-state index < -0.39 is 5.66 Å². The van der Waals surface area contributed by atoms with E-state index in [0.717, 1.165) is 34.2 Å². The van der Waals surface area contributed by atoms with Crippen LogP contribution in [0.4, 0.5) is 0 Å². The van der Waals surface area contributed by atoms with Gasteiger partial charge in [0.1, 0.15) is 17.7 Å². The second-order valence-electron chi connectivity index (χ2n) is 7.24. The number of aromatic nitrogens is 3. The van der Waals surface area contributed by atoms with Crippen molar-refractivity contribution < 1.29 is 9.26 Å². The normalized spacial score (nSPS) is 20.1. The third-order valence-corrected chi connectivity index (χ3v) is 5.41. The fourth-order valence-electron chi connectivity index (χ4n) is 3.83. The van der Waals surface area contributed by atoms with Gasteiger partial charge < -0.3 is 14.2 Å². The van der Waals surface area contributed by atoms with Gasteiger partial charge in [0, 0.05) is 23.8 Å². The molecule has 2 aliphatic rings. The van der Waals surface area contributed by atoms with Crippen LogP contribution in [-0.4, -0.2) is 44.8 Å². The molecule has 0 fully saturated rings. The Morgan fingerprint density at radius 2 is 2.21 bits per heavy atom. The summed E-state index contributed by atoms with van der Waals surface area (Å²) in [6.45, 7) is 4.97. The van der Waals surface area contributed by atoms with E-state index in [4.69, 9.17) is 20.9 Å². The van der Waals surface area contributed by atoms with Gasteiger partial charge in [0.2, 0.25) is 0 Å². The number of hydrogen-bond donors (Lipinski definition) is 1. The number of halogens is 1. The maximum atomic E-state index is 6.32. The number of fused-ring (bicyclic) bond motifs is 5. The number of hydrogen-bond acceptors (Lipinski definition) is 7. The van der Waals surface area contributed by atoms with E-state index in [9.17, 15) is 0 Å². The third-order valence-electron chi connectivity index (χ3n) is 5.17. The Kier molecular flexibility index (Phi) is 3.75. The van der Waals surface area contributed by atoms with Crippen LogP contribution in [0.1, 0.15) is 23.9 Å². The van der Waals surface area contributed by atoms with E-state index in [1.807, 2.05) is 31.2 Å². The molecule has 1 N–H and O–H groups in total. The second-order valence-corrected chi connectivity index (χ2v) is 7.68. The number of aryl methyl sites for hydroxylation is 1. The van der Waals surface area contributed by atoms with Crippen LogP contribution in [-0.2, 0) is 11.3 Å². The molecule has 0 amide bonds. The lowest BCUT2D eigenvalue weighted by Gasteiger charge is -2.35. The van der Waals surface area contributed by atoms with Crippen LogP contribution >= 0.6 is 11.6 Å². The molecule has 0 saturated heterocycles. The Labute approximate surface area is 166 Å². The summed E-state index contributed by atoms with van der Waals surface area (Å²) in [5.74, 6) is 1.46. The van der Waals surface area contributed by atoms with Crippen molar-refractivity contribution in [3.05, 3.63) is 52.6 Å². The van der Waals surface area contributed by atoms with Gasteiger partial charge in [-0.15, -0.1) is 0 Å². The number of methoxy groups -OCH3 is 1. The van der Waals surface area contributed by atoms with Crippen LogP contribution in [0.3, 0.4) is 0 Å². The summed E-state index contributed by atoms with van der Waals surface area (Å²) >= 11 is 6.32. The number of nitrogens with zero attached hydrogens (tertiary/aromatic N) is 5. The maximum absolute atomic E-state index is 6.32. The van der Waals surface area contributed by atoms with Crippen LogP contribution < -0.4 is 5.43 Å². The van der Waals surface area contributed by atoms with Crippen LogP contribution in [0.25, 0.3) is 17.1 Å². The molecule has 144 valence electrons. The summed E-state index contributed by atoms with van der Waals surface area (Å²) in [5, 5.41) is 9.29. The first-order chi connectivity index (χ1) is 13.5. The largest absolute Gasteiger partial charge is 0.380 e. The summed E-state index contributed by atoms with van der Waals surface area (Å²) < 4.78 is 13.0. The van der Waals surface area contributed by atoms with Gasteiger partial charge in [0.05, 0.1) is 30.2 Å². The molecule has 28 heavy (non-hydrogen) atoms. The van der Waals surface area contributed by atoms with Crippen LogP contribution in [0, 0.1) is 6.92 Å². The van der Waals surface area contributed by atoms with E-state index in [0.29, 0.717) is 23.9 Å². The van der Waals surface area contributed by atoms with E-state index in [2.05, 4.69) is 37.1 Å². The van der Waals surface area contributed by atoms with Crippen LogP contribution in [0.2, 0.25) is 5.02 Å². The average molecular weight is 399 g/mol. The maximum Gasteiger partial charge on any atom is 0.187 e. The lowest BCUT2D eigenvalue weighted by atomic mass is 10.1. The minimum atomic E-state index is -0.502. The smallest absolute Gasteiger partial charge is 0.187 e. The summed E-state index contributed by atoms with van der Waals surface area (Å²) in [6, 6.07) is 7.67. The highest BCUT2D eigenvalue weighted by Crippen LogP contribution is 2.36. The summed E-state index contributed by atoms with van der Waals surface area (Å²) in [4.78, 5) is 6.81. The van der Waals surface area contributed by atoms with E-state index in [-0.39, 0.29) is 0 Å². The molecule has 4 heterocycles. The summed E-state index contributed by atoms with van der Waals surface area (Å²) in [6.07, 6.45) is 1.80. The molecule has 9 heteroatoms. The molecule has 0 bridgehead atoms. The fourth-order valence-corrected chi connectivity index (χ4v) is 4.01. The Hall–Kier alpha value is -2.84. The molecule has 1 aromatic carbocycles. The number of imidazole rings is 1. The molecule has 0 radical (unpaired) electrons. The third kappa shape index (κ3) is 2.45. The minimum absolute atomic E-state index is 0.459. The van der Waals surface area contributed by atoms with Gasteiger partial charge in [-0.05, 0) is 32.0 Å². The van der Waals surface area contributed by atoms with Gasteiger partial charge in [-0.3, -0.25) is 9.99 Å². The highest BCUT2D eigenvalue weighted by molar-refractivity contribution is 6.31. The van der Waals surface area contributed by atoms with Crippen molar-refractivity contribution in [2.24, 2.45) is 5.10 Å². The molecule has 1 atom stereocenters. The number of rotatable bonds is 3. The van der Waals surface area contributed by atoms with E-state index >= 15 is 0 Å². The first-order valence-corrected chi connectivity index (χ1v) is 9.29. The molecule has 8 nitrogen and oxygen atoms in total. The summed E-state index contributed by atoms with van der Waals surface area (Å²) in [5.41, 5.74) is 7.17. The van der Waals surface area contributed by atoms with Crippen molar-refractivity contribution in [1.82, 2.24) is 25.0 Å². The molecule has 0 spiro atoms. The molecule has 0 aliphatic carbocycles. The van der Waals surface area contributed by atoms with Crippen molar-refractivity contribution in [3.63, 3.8) is 0 Å². The number of nitrogens with one attached hydrogen (secondary N) is 1. The molecular formula is C19H19ClN6O2. The van der Waals surface area contributed by atoms with Gasteiger partial charge in [0.25, 0.3) is 0 Å². The lowest BCUT2D eigenvalue weighted by molar-refractivity contribution is 0.0499. The first-order valence-electron chi connectivity index (χ1n) is 8.92. The zero-order chi connectivity index (χ0) is 19.5.